The topological polar surface area (TPSA) is 102 Å². The van der Waals surface area contributed by atoms with Crippen LogP contribution in [0.15, 0.2) is 66.1 Å². The Bertz CT molecular complexity index is 1100. The minimum Gasteiger partial charge on any atom is -0.452 e. The third kappa shape index (κ3) is 6.19. The molecule has 2 amide bonds. The van der Waals surface area contributed by atoms with Crippen molar-refractivity contribution in [3.63, 3.8) is 0 Å². The van der Waals surface area contributed by atoms with Crippen LogP contribution in [0.1, 0.15) is 15.9 Å². The van der Waals surface area contributed by atoms with E-state index in [-0.39, 0.29) is 17.2 Å². The Morgan fingerprint density at radius 3 is 2.39 bits per heavy atom. The third-order valence-corrected chi connectivity index (χ3v) is 5.34. The van der Waals surface area contributed by atoms with Crippen LogP contribution < -0.4 is 10.6 Å². The molecular formula is C22H22N4O4S. The van der Waals surface area contributed by atoms with E-state index < -0.39 is 18.5 Å². The largest absolute Gasteiger partial charge is 0.452 e. The lowest BCUT2D eigenvalue weighted by Gasteiger charge is -2.11. The number of amides is 2. The standard InChI is InChI=1S/C22H22N4O4S/c1-15-7-3-5-9-17(15)24-19(27)13-30-21(29)16-8-4-6-10-18(16)25-20(28)14-31-22-23-11-12-26(22)2/h3-12H,13-14H2,1-2H3,(H,24,27)(H,25,28). The van der Waals surface area contributed by atoms with Gasteiger partial charge in [0.15, 0.2) is 11.8 Å². The molecule has 1 aromatic heterocycles. The molecule has 0 atom stereocenters. The summed E-state index contributed by atoms with van der Waals surface area (Å²) in [6.07, 6.45) is 3.45. The zero-order valence-electron chi connectivity index (χ0n) is 17.1. The van der Waals surface area contributed by atoms with E-state index in [1.54, 1.807) is 42.7 Å². The van der Waals surface area contributed by atoms with E-state index in [0.29, 0.717) is 16.5 Å². The molecule has 0 fully saturated rings. The zero-order valence-corrected chi connectivity index (χ0v) is 17.9. The van der Waals surface area contributed by atoms with Gasteiger partial charge in [-0.05, 0) is 30.7 Å². The molecular weight excluding hydrogens is 416 g/mol. The highest BCUT2D eigenvalue weighted by Crippen LogP contribution is 2.19. The highest BCUT2D eigenvalue weighted by atomic mass is 32.2. The number of hydrogen-bond donors (Lipinski definition) is 2. The number of nitrogens with zero attached hydrogens (tertiary/aromatic N) is 2. The molecule has 9 heteroatoms. The molecule has 3 rings (SSSR count). The summed E-state index contributed by atoms with van der Waals surface area (Å²) in [6.45, 7) is 1.43. The average Bonchev–Trinajstić information content (AvgIpc) is 3.17. The Balaban J connectivity index is 1.55. The number of rotatable bonds is 8. The van der Waals surface area contributed by atoms with Crippen molar-refractivity contribution >= 4 is 40.9 Å². The number of nitrogens with one attached hydrogen (secondary N) is 2. The molecule has 160 valence electrons. The Morgan fingerprint density at radius 2 is 1.68 bits per heavy atom. The van der Waals surface area contributed by atoms with Crippen LogP contribution in [0, 0.1) is 6.92 Å². The molecule has 0 saturated carbocycles. The number of carbonyl (C=O) groups excluding carboxylic acids is 3. The van der Waals surface area contributed by atoms with Crippen LogP contribution in [0.4, 0.5) is 11.4 Å². The van der Waals surface area contributed by atoms with E-state index in [9.17, 15) is 14.4 Å². The predicted octanol–water partition coefficient (Wildman–Crippen LogP) is 3.25. The monoisotopic (exact) mass is 438 g/mol. The summed E-state index contributed by atoms with van der Waals surface area (Å²) in [5, 5.41) is 6.12. The number of esters is 1. The fourth-order valence-electron chi connectivity index (χ4n) is 2.69. The van der Waals surface area contributed by atoms with Crippen LogP contribution in [0.5, 0.6) is 0 Å². The van der Waals surface area contributed by atoms with Gasteiger partial charge in [-0.15, -0.1) is 0 Å². The van der Waals surface area contributed by atoms with Crippen LogP contribution in [-0.2, 0) is 21.4 Å². The lowest BCUT2D eigenvalue weighted by molar-refractivity contribution is -0.119. The summed E-state index contributed by atoms with van der Waals surface area (Å²) in [4.78, 5) is 41.1. The van der Waals surface area contributed by atoms with Gasteiger partial charge in [0.2, 0.25) is 5.91 Å². The molecule has 0 unspecified atom stereocenters. The van der Waals surface area contributed by atoms with Gasteiger partial charge in [0.1, 0.15) is 0 Å². The molecule has 0 aliphatic carbocycles. The predicted molar refractivity (Wildman–Crippen MR) is 119 cm³/mol. The quantitative estimate of drug-likeness (QED) is 0.413. The van der Waals surface area contributed by atoms with Gasteiger partial charge in [-0.2, -0.15) is 0 Å². The Morgan fingerprint density at radius 1 is 1.00 bits per heavy atom. The molecule has 0 aliphatic heterocycles. The summed E-state index contributed by atoms with van der Waals surface area (Å²) in [7, 11) is 1.84. The molecule has 0 saturated heterocycles. The normalized spacial score (nSPS) is 10.4. The van der Waals surface area contributed by atoms with E-state index in [0.717, 1.165) is 5.56 Å². The summed E-state index contributed by atoms with van der Waals surface area (Å²) in [5.74, 6) is -1.30. The van der Waals surface area contributed by atoms with Crippen LogP contribution in [0.2, 0.25) is 0 Å². The number of hydrogen-bond acceptors (Lipinski definition) is 6. The molecule has 0 bridgehead atoms. The first-order chi connectivity index (χ1) is 14.9. The Labute approximate surface area is 184 Å². The maximum absolute atomic E-state index is 12.5. The van der Waals surface area contributed by atoms with E-state index in [4.69, 9.17) is 4.74 Å². The number of para-hydroxylation sites is 2. The lowest BCUT2D eigenvalue weighted by Crippen LogP contribution is -2.22. The molecule has 0 aliphatic rings. The van der Waals surface area contributed by atoms with Gasteiger partial charge in [0.25, 0.3) is 5.91 Å². The van der Waals surface area contributed by atoms with Crippen molar-refractivity contribution in [1.29, 1.82) is 0 Å². The van der Waals surface area contributed by atoms with E-state index in [1.165, 1.54) is 17.8 Å². The van der Waals surface area contributed by atoms with Gasteiger partial charge in [0.05, 0.1) is 17.0 Å². The lowest BCUT2D eigenvalue weighted by atomic mass is 10.2. The second-order valence-corrected chi connectivity index (χ2v) is 7.58. The molecule has 0 radical (unpaired) electrons. The summed E-state index contributed by atoms with van der Waals surface area (Å²) in [6, 6.07) is 13.8. The molecule has 2 N–H and O–H groups in total. The fourth-order valence-corrected chi connectivity index (χ4v) is 3.42. The SMILES string of the molecule is Cc1ccccc1NC(=O)COC(=O)c1ccccc1NC(=O)CSc1nccn1C. The fraction of sp³-hybridized carbons (Fsp3) is 0.182. The highest BCUT2D eigenvalue weighted by molar-refractivity contribution is 7.99. The average molecular weight is 439 g/mol. The smallest absolute Gasteiger partial charge is 0.340 e. The number of carbonyl (C=O) groups is 3. The van der Waals surface area contributed by atoms with Crippen LogP contribution in [-0.4, -0.2) is 39.7 Å². The molecule has 31 heavy (non-hydrogen) atoms. The molecule has 8 nitrogen and oxygen atoms in total. The van der Waals surface area contributed by atoms with Gasteiger partial charge in [-0.3, -0.25) is 9.59 Å². The van der Waals surface area contributed by atoms with Crippen molar-refractivity contribution in [1.82, 2.24) is 9.55 Å². The number of imidazole rings is 1. The maximum atomic E-state index is 12.5. The minimum absolute atomic E-state index is 0.132. The zero-order chi connectivity index (χ0) is 22.2. The first-order valence-corrected chi connectivity index (χ1v) is 10.4. The summed E-state index contributed by atoms with van der Waals surface area (Å²) in [5.41, 5.74) is 2.04. The van der Waals surface area contributed by atoms with E-state index in [1.807, 2.05) is 30.7 Å². The van der Waals surface area contributed by atoms with Crippen molar-refractivity contribution in [3.8, 4) is 0 Å². The molecule has 1 heterocycles. The van der Waals surface area contributed by atoms with E-state index in [2.05, 4.69) is 15.6 Å². The van der Waals surface area contributed by atoms with Gasteiger partial charge in [0, 0.05) is 25.1 Å². The Hall–Kier alpha value is -3.59. The van der Waals surface area contributed by atoms with Crippen molar-refractivity contribution in [2.75, 3.05) is 23.0 Å². The highest BCUT2D eigenvalue weighted by Gasteiger charge is 2.16. The van der Waals surface area contributed by atoms with Crippen molar-refractivity contribution < 1.29 is 19.1 Å². The van der Waals surface area contributed by atoms with Gasteiger partial charge in [-0.25, -0.2) is 9.78 Å². The number of aryl methyl sites for hydroxylation is 2. The number of aromatic nitrogens is 2. The maximum Gasteiger partial charge on any atom is 0.340 e. The molecule has 3 aromatic rings. The molecule has 2 aromatic carbocycles. The van der Waals surface area contributed by atoms with Gasteiger partial charge < -0.3 is 19.9 Å². The number of ether oxygens (including phenoxy) is 1. The van der Waals surface area contributed by atoms with Crippen molar-refractivity contribution in [3.05, 3.63) is 72.1 Å². The number of anilines is 2. The first kappa shape index (κ1) is 22.1. The first-order valence-electron chi connectivity index (χ1n) is 9.45. The van der Waals surface area contributed by atoms with Crippen molar-refractivity contribution in [2.45, 2.75) is 12.1 Å². The van der Waals surface area contributed by atoms with Gasteiger partial charge >= 0.3 is 5.97 Å². The van der Waals surface area contributed by atoms with Crippen LogP contribution in [0.3, 0.4) is 0 Å². The second kappa shape index (κ2) is 10.4. The number of thioether (sulfide) groups is 1. The van der Waals surface area contributed by atoms with Crippen molar-refractivity contribution in [2.24, 2.45) is 7.05 Å². The summed E-state index contributed by atoms with van der Waals surface area (Å²) >= 11 is 1.28. The van der Waals surface area contributed by atoms with E-state index >= 15 is 0 Å². The third-order valence-electron chi connectivity index (χ3n) is 4.28. The molecule has 0 spiro atoms. The summed E-state index contributed by atoms with van der Waals surface area (Å²) < 4.78 is 6.95. The Kier molecular flexibility index (Phi) is 7.45. The number of benzene rings is 2. The van der Waals surface area contributed by atoms with Crippen LogP contribution in [0.25, 0.3) is 0 Å². The second-order valence-electron chi connectivity index (χ2n) is 6.64. The minimum atomic E-state index is -0.701. The van der Waals surface area contributed by atoms with Crippen LogP contribution >= 0.6 is 11.8 Å². The van der Waals surface area contributed by atoms with Gasteiger partial charge in [-0.1, -0.05) is 42.1 Å².